The van der Waals surface area contributed by atoms with Gasteiger partial charge in [0, 0.05) is 17.8 Å². The largest absolute Gasteiger partial charge is 0.494 e. The van der Waals surface area contributed by atoms with Crippen LogP contribution in [0.15, 0.2) is 12.1 Å². The van der Waals surface area contributed by atoms with Gasteiger partial charge in [0.15, 0.2) is 0 Å². The van der Waals surface area contributed by atoms with Crippen LogP contribution in [0, 0.1) is 0 Å². The highest BCUT2D eigenvalue weighted by molar-refractivity contribution is 5.62. The van der Waals surface area contributed by atoms with E-state index in [2.05, 4.69) is 31.3 Å². The highest BCUT2D eigenvalue weighted by Gasteiger charge is 2.18. The lowest BCUT2D eigenvalue weighted by Crippen LogP contribution is -2.08. The topological polar surface area (TPSA) is 21.3 Å². The molecule has 1 heterocycles. The zero-order valence-electron chi connectivity index (χ0n) is 11.8. The molecule has 1 N–H and O–H groups in total. The lowest BCUT2D eigenvalue weighted by molar-refractivity contribution is 0.337. The molecular weight excluding hydrogens is 210 g/mol. The number of aryl methyl sites for hydroxylation is 1. The second-order valence-electron chi connectivity index (χ2n) is 4.15. The van der Waals surface area contributed by atoms with Crippen LogP contribution in [-0.4, -0.2) is 12.6 Å². The van der Waals surface area contributed by atoms with Crippen LogP contribution in [0.1, 0.15) is 45.7 Å². The first-order chi connectivity index (χ1) is 8.24. The van der Waals surface area contributed by atoms with E-state index in [1.165, 1.54) is 16.8 Å². The van der Waals surface area contributed by atoms with Gasteiger partial charge in [-0.3, -0.25) is 0 Å². The minimum Gasteiger partial charge on any atom is -0.494 e. The minimum atomic E-state index is 0.557. The summed E-state index contributed by atoms with van der Waals surface area (Å²) in [5, 5.41) is 3.47. The van der Waals surface area contributed by atoms with E-state index in [4.69, 9.17) is 4.74 Å². The van der Waals surface area contributed by atoms with Gasteiger partial charge < -0.3 is 10.1 Å². The summed E-state index contributed by atoms with van der Waals surface area (Å²) in [7, 11) is 0. The first-order valence-electron chi connectivity index (χ1n) is 6.79. The molecule has 0 saturated carbocycles. The number of fused-ring (bicyclic) bond motifs is 1. The van der Waals surface area contributed by atoms with Crippen LogP contribution in [-0.2, 0) is 12.8 Å². The van der Waals surface area contributed by atoms with Crippen molar-refractivity contribution in [3.05, 3.63) is 23.3 Å². The number of ether oxygens (including phenoxy) is 1. The van der Waals surface area contributed by atoms with Crippen LogP contribution in [0.25, 0.3) is 0 Å². The van der Waals surface area contributed by atoms with E-state index in [-0.39, 0.29) is 0 Å². The molecule has 0 aromatic heterocycles. The normalized spacial score (nSPS) is 16.6. The van der Waals surface area contributed by atoms with Gasteiger partial charge in [-0.15, -0.1) is 0 Å². The molecule has 1 aliphatic rings. The number of hydrogen-bond acceptors (Lipinski definition) is 2. The van der Waals surface area contributed by atoms with Crippen molar-refractivity contribution in [2.75, 3.05) is 11.9 Å². The summed E-state index contributed by atoms with van der Waals surface area (Å²) in [5.41, 5.74) is 4.01. The van der Waals surface area contributed by atoms with Gasteiger partial charge in [0.25, 0.3) is 0 Å². The summed E-state index contributed by atoms with van der Waals surface area (Å²) in [6.07, 6.45) is 2.17. The average molecular weight is 235 g/mol. The summed E-state index contributed by atoms with van der Waals surface area (Å²) < 4.78 is 5.65. The third kappa shape index (κ3) is 3.15. The zero-order valence-corrected chi connectivity index (χ0v) is 11.8. The van der Waals surface area contributed by atoms with Crippen molar-refractivity contribution in [3.63, 3.8) is 0 Å². The van der Waals surface area contributed by atoms with Gasteiger partial charge in [-0.2, -0.15) is 0 Å². The van der Waals surface area contributed by atoms with Crippen LogP contribution in [0.4, 0.5) is 5.69 Å². The minimum absolute atomic E-state index is 0.557. The van der Waals surface area contributed by atoms with Gasteiger partial charge in [-0.05, 0) is 37.8 Å². The SMILES string of the molecule is CC.CCOc1cc2c(cc1CC)CC(C)N2. The highest BCUT2D eigenvalue weighted by atomic mass is 16.5. The molecule has 17 heavy (non-hydrogen) atoms. The van der Waals surface area contributed by atoms with E-state index in [1.54, 1.807) is 0 Å². The molecule has 1 aromatic carbocycles. The van der Waals surface area contributed by atoms with E-state index >= 15 is 0 Å². The molecule has 0 radical (unpaired) electrons. The Labute approximate surface area is 105 Å². The summed E-state index contributed by atoms with van der Waals surface area (Å²) in [6.45, 7) is 11.2. The number of nitrogens with one attached hydrogen (secondary N) is 1. The van der Waals surface area contributed by atoms with Crippen molar-refractivity contribution in [3.8, 4) is 5.75 Å². The molecule has 0 saturated heterocycles. The highest BCUT2D eigenvalue weighted by Crippen LogP contribution is 2.33. The number of hydrogen-bond donors (Lipinski definition) is 1. The number of rotatable bonds is 3. The Morgan fingerprint density at radius 2 is 2.00 bits per heavy atom. The van der Waals surface area contributed by atoms with Crippen molar-refractivity contribution in [1.29, 1.82) is 0 Å². The maximum absolute atomic E-state index is 5.65. The molecule has 1 aromatic rings. The van der Waals surface area contributed by atoms with Crippen molar-refractivity contribution < 1.29 is 4.74 Å². The van der Waals surface area contributed by atoms with Gasteiger partial charge in [-0.25, -0.2) is 0 Å². The molecule has 0 amide bonds. The maximum atomic E-state index is 5.65. The predicted octanol–water partition coefficient (Wildman–Crippen LogP) is 4.03. The zero-order chi connectivity index (χ0) is 12.8. The van der Waals surface area contributed by atoms with Gasteiger partial charge in [0.1, 0.15) is 5.75 Å². The van der Waals surface area contributed by atoms with E-state index in [9.17, 15) is 0 Å². The molecule has 2 rings (SSSR count). The van der Waals surface area contributed by atoms with E-state index in [0.29, 0.717) is 6.04 Å². The Morgan fingerprint density at radius 3 is 2.59 bits per heavy atom. The summed E-state index contributed by atoms with van der Waals surface area (Å²) in [4.78, 5) is 0. The predicted molar refractivity (Wildman–Crippen MR) is 75.1 cm³/mol. The van der Waals surface area contributed by atoms with Crippen molar-refractivity contribution in [1.82, 2.24) is 0 Å². The molecule has 0 fully saturated rings. The van der Waals surface area contributed by atoms with Gasteiger partial charge in [0.2, 0.25) is 0 Å². The van der Waals surface area contributed by atoms with Gasteiger partial charge in [-0.1, -0.05) is 26.8 Å². The third-order valence-electron chi connectivity index (χ3n) is 2.90. The van der Waals surface area contributed by atoms with Crippen molar-refractivity contribution in [2.45, 2.75) is 53.5 Å². The summed E-state index contributed by atoms with van der Waals surface area (Å²) in [5.74, 6) is 1.04. The van der Waals surface area contributed by atoms with Crippen molar-refractivity contribution >= 4 is 5.69 Å². The first-order valence-corrected chi connectivity index (χ1v) is 6.79. The van der Waals surface area contributed by atoms with E-state index in [1.807, 2.05) is 20.8 Å². The number of benzene rings is 1. The van der Waals surface area contributed by atoms with Crippen molar-refractivity contribution in [2.24, 2.45) is 0 Å². The molecule has 2 heteroatoms. The lowest BCUT2D eigenvalue weighted by atomic mass is 10.0. The molecule has 0 spiro atoms. The Bertz CT molecular complexity index is 360. The third-order valence-corrected chi connectivity index (χ3v) is 2.90. The van der Waals surface area contributed by atoms with E-state index < -0.39 is 0 Å². The molecule has 96 valence electrons. The standard InChI is InChI=1S/C13H19NO.C2H6/c1-4-10-7-11-6-9(3)14-12(11)8-13(10)15-5-2;1-2/h7-9,14H,4-6H2,1-3H3;1-2H3. The molecule has 2 nitrogen and oxygen atoms in total. The van der Waals surface area contributed by atoms with Gasteiger partial charge in [0.05, 0.1) is 6.61 Å². The smallest absolute Gasteiger partial charge is 0.124 e. The second-order valence-corrected chi connectivity index (χ2v) is 4.15. The average Bonchev–Trinajstić information content (AvgIpc) is 2.70. The molecule has 0 aliphatic carbocycles. The monoisotopic (exact) mass is 235 g/mol. The van der Waals surface area contributed by atoms with E-state index in [0.717, 1.165) is 25.2 Å². The summed E-state index contributed by atoms with van der Waals surface area (Å²) >= 11 is 0. The fraction of sp³-hybridized carbons (Fsp3) is 0.600. The Kier molecular flexibility index (Phi) is 5.33. The molecule has 1 atom stereocenters. The maximum Gasteiger partial charge on any atom is 0.124 e. The second kappa shape index (κ2) is 6.53. The Balaban J connectivity index is 0.000000686. The van der Waals surface area contributed by atoms with Crippen LogP contribution in [0.5, 0.6) is 5.75 Å². The molecular formula is C15H25NO. The molecule has 1 aliphatic heterocycles. The van der Waals surface area contributed by atoms with Crippen LogP contribution in [0.2, 0.25) is 0 Å². The fourth-order valence-electron chi connectivity index (χ4n) is 2.19. The van der Waals surface area contributed by atoms with Crippen LogP contribution in [0.3, 0.4) is 0 Å². The fourth-order valence-corrected chi connectivity index (χ4v) is 2.19. The molecule has 0 bridgehead atoms. The Hall–Kier alpha value is -1.18. The van der Waals surface area contributed by atoms with Gasteiger partial charge >= 0.3 is 0 Å². The number of anilines is 1. The molecule has 1 unspecified atom stereocenters. The first kappa shape index (κ1) is 13.9. The van der Waals surface area contributed by atoms with Crippen LogP contribution >= 0.6 is 0 Å². The van der Waals surface area contributed by atoms with Crippen LogP contribution < -0.4 is 10.1 Å². The lowest BCUT2D eigenvalue weighted by Gasteiger charge is -2.11. The Morgan fingerprint density at radius 1 is 1.29 bits per heavy atom. The summed E-state index contributed by atoms with van der Waals surface area (Å²) in [6, 6.07) is 5.00. The quantitative estimate of drug-likeness (QED) is 0.854.